The molecule has 1 nitrogen and oxygen atoms in total. The Labute approximate surface area is 117 Å². The van der Waals surface area contributed by atoms with Crippen LogP contribution in [0.4, 0.5) is 0 Å². The predicted molar refractivity (Wildman–Crippen MR) is 77.7 cm³/mol. The van der Waals surface area contributed by atoms with Crippen LogP contribution in [0.25, 0.3) is 0 Å². The molecule has 0 aromatic heterocycles. The third kappa shape index (κ3) is 1.70. The molecule has 106 valence electrons. The van der Waals surface area contributed by atoms with E-state index in [1.54, 1.807) is 0 Å². The van der Waals surface area contributed by atoms with Gasteiger partial charge in [0.2, 0.25) is 0 Å². The Morgan fingerprint density at radius 2 is 2.00 bits per heavy atom. The Kier molecular flexibility index (Phi) is 2.85. The van der Waals surface area contributed by atoms with Gasteiger partial charge in [-0.15, -0.1) is 0 Å². The molecule has 6 atom stereocenters. The normalized spacial score (nSPS) is 52.9. The Morgan fingerprint density at radius 1 is 1.11 bits per heavy atom. The summed E-state index contributed by atoms with van der Waals surface area (Å²) < 4.78 is 0. The van der Waals surface area contributed by atoms with Gasteiger partial charge in [0.1, 0.15) is 0 Å². The van der Waals surface area contributed by atoms with Crippen molar-refractivity contribution >= 4 is 0 Å². The maximum absolute atomic E-state index is 10.4. The van der Waals surface area contributed by atoms with Crippen molar-refractivity contribution in [2.45, 2.75) is 70.8 Å². The topological polar surface area (TPSA) is 20.2 Å². The van der Waals surface area contributed by atoms with Crippen molar-refractivity contribution in [3.8, 4) is 0 Å². The molecule has 0 aromatic carbocycles. The van der Waals surface area contributed by atoms with Crippen LogP contribution in [-0.4, -0.2) is 11.2 Å². The van der Waals surface area contributed by atoms with Crippen molar-refractivity contribution in [2.24, 2.45) is 29.1 Å². The van der Waals surface area contributed by atoms with Crippen LogP contribution in [0, 0.1) is 29.1 Å². The van der Waals surface area contributed by atoms with Crippen LogP contribution in [0.2, 0.25) is 0 Å². The van der Waals surface area contributed by atoms with E-state index in [-0.39, 0.29) is 11.5 Å². The molecule has 1 N–H and O–H groups in total. The van der Waals surface area contributed by atoms with Crippen molar-refractivity contribution < 1.29 is 5.11 Å². The lowest BCUT2D eigenvalue weighted by Gasteiger charge is -2.53. The van der Waals surface area contributed by atoms with Gasteiger partial charge in [0.05, 0.1) is 6.10 Å². The first kappa shape index (κ1) is 12.4. The fraction of sp³-hybridized carbons (Fsp3) is 0.889. The fourth-order valence-electron chi connectivity index (χ4n) is 6.28. The van der Waals surface area contributed by atoms with Gasteiger partial charge < -0.3 is 5.11 Å². The summed E-state index contributed by atoms with van der Waals surface area (Å²) in [6, 6.07) is 0. The molecule has 4 aliphatic rings. The van der Waals surface area contributed by atoms with Gasteiger partial charge in [0.15, 0.2) is 0 Å². The quantitative estimate of drug-likeness (QED) is 0.643. The number of rotatable bonds is 0. The average molecular weight is 260 g/mol. The molecule has 0 heterocycles. The van der Waals surface area contributed by atoms with Gasteiger partial charge in [-0.1, -0.05) is 18.6 Å². The molecule has 3 saturated carbocycles. The zero-order chi connectivity index (χ0) is 13.0. The lowest BCUT2D eigenvalue weighted by molar-refractivity contribution is -0.0533. The van der Waals surface area contributed by atoms with Gasteiger partial charge in [0.25, 0.3) is 0 Å². The van der Waals surface area contributed by atoms with Crippen molar-refractivity contribution in [3.05, 3.63) is 11.6 Å². The first-order valence-corrected chi connectivity index (χ1v) is 8.57. The molecule has 0 spiro atoms. The SMILES string of the molecule is C[C@]12CC[C@H]3[C@H](CCC4=CCCC[C@H]43)[C@@H]1CC[C@H]2O. The highest BCUT2D eigenvalue weighted by atomic mass is 16.3. The summed E-state index contributed by atoms with van der Waals surface area (Å²) in [4.78, 5) is 0. The van der Waals surface area contributed by atoms with Gasteiger partial charge in [-0.3, -0.25) is 0 Å². The second kappa shape index (κ2) is 4.35. The highest BCUT2D eigenvalue weighted by Crippen LogP contribution is 2.61. The van der Waals surface area contributed by atoms with E-state index in [0.717, 1.165) is 30.1 Å². The van der Waals surface area contributed by atoms with E-state index in [2.05, 4.69) is 13.0 Å². The minimum atomic E-state index is -0.0123. The third-order valence-corrected chi connectivity index (χ3v) is 7.33. The van der Waals surface area contributed by atoms with Crippen molar-refractivity contribution in [2.75, 3.05) is 0 Å². The highest BCUT2D eigenvalue weighted by molar-refractivity contribution is 5.18. The average Bonchev–Trinajstić information content (AvgIpc) is 2.75. The maximum Gasteiger partial charge on any atom is 0.0596 e. The van der Waals surface area contributed by atoms with Gasteiger partial charge in [-0.05, 0) is 86.9 Å². The second-order valence-electron chi connectivity index (χ2n) is 7.93. The molecular formula is C18H28O. The first-order valence-electron chi connectivity index (χ1n) is 8.57. The van der Waals surface area contributed by atoms with E-state index >= 15 is 0 Å². The molecule has 0 amide bonds. The minimum Gasteiger partial charge on any atom is -0.393 e. The zero-order valence-corrected chi connectivity index (χ0v) is 12.3. The number of hydrogen-bond donors (Lipinski definition) is 1. The molecule has 0 aliphatic heterocycles. The van der Waals surface area contributed by atoms with E-state index in [1.807, 2.05) is 5.57 Å². The van der Waals surface area contributed by atoms with Crippen molar-refractivity contribution in [1.29, 1.82) is 0 Å². The summed E-state index contributed by atoms with van der Waals surface area (Å²) in [5.41, 5.74) is 2.08. The number of hydrogen-bond acceptors (Lipinski definition) is 1. The van der Waals surface area contributed by atoms with Crippen LogP contribution < -0.4 is 0 Å². The van der Waals surface area contributed by atoms with Gasteiger partial charge in [0, 0.05) is 0 Å². The lowest BCUT2D eigenvalue weighted by Crippen LogP contribution is -2.47. The van der Waals surface area contributed by atoms with Crippen LogP contribution in [0.5, 0.6) is 0 Å². The number of fused-ring (bicyclic) bond motifs is 5. The van der Waals surface area contributed by atoms with E-state index < -0.39 is 0 Å². The number of allylic oxidation sites excluding steroid dienone is 2. The summed E-state index contributed by atoms with van der Waals surface area (Å²) in [6.45, 7) is 2.39. The Balaban J connectivity index is 1.63. The van der Waals surface area contributed by atoms with Gasteiger partial charge >= 0.3 is 0 Å². The predicted octanol–water partition coefficient (Wildman–Crippen LogP) is 4.31. The number of aliphatic hydroxyl groups excluding tert-OH is 1. The first-order chi connectivity index (χ1) is 9.20. The van der Waals surface area contributed by atoms with Crippen molar-refractivity contribution in [1.82, 2.24) is 0 Å². The molecular weight excluding hydrogens is 232 g/mol. The van der Waals surface area contributed by atoms with Crippen LogP contribution in [-0.2, 0) is 0 Å². The summed E-state index contributed by atoms with van der Waals surface area (Å²) in [5, 5.41) is 10.4. The molecule has 0 unspecified atom stereocenters. The van der Waals surface area contributed by atoms with E-state index in [0.29, 0.717) is 0 Å². The number of aliphatic hydroxyl groups is 1. The van der Waals surface area contributed by atoms with E-state index in [4.69, 9.17) is 0 Å². The van der Waals surface area contributed by atoms with Gasteiger partial charge in [-0.2, -0.15) is 0 Å². The molecule has 1 heteroatoms. The van der Waals surface area contributed by atoms with Gasteiger partial charge in [-0.25, -0.2) is 0 Å². The largest absolute Gasteiger partial charge is 0.393 e. The standard InChI is InChI=1S/C18H28O/c1-18-11-10-14-13-5-3-2-4-12(13)6-7-15(14)16(18)8-9-17(18)19/h4,13-17,19H,2-3,5-11H2,1H3/t13-,14-,15+,16+,17-,18+/m1/s1. The fourth-order valence-corrected chi connectivity index (χ4v) is 6.28. The summed E-state index contributed by atoms with van der Waals surface area (Å²) in [7, 11) is 0. The molecule has 4 aliphatic carbocycles. The van der Waals surface area contributed by atoms with Crippen LogP contribution in [0.15, 0.2) is 11.6 Å². The Hall–Kier alpha value is -0.300. The zero-order valence-electron chi connectivity index (χ0n) is 12.3. The van der Waals surface area contributed by atoms with Crippen molar-refractivity contribution in [3.63, 3.8) is 0 Å². The monoisotopic (exact) mass is 260 g/mol. The van der Waals surface area contributed by atoms with E-state index in [9.17, 15) is 5.11 Å². The van der Waals surface area contributed by atoms with Crippen LogP contribution >= 0.6 is 0 Å². The molecule has 0 bridgehead atoms. The maximum atomic E-state index is 10.4. The molecule has 19 heavy (non-hydrogen) atoms. The summed E-state index contributed by atoms with van der Waals surface area (Å²) in [6.07, 6.45) is 14.6. The molecule has 0 radical (unpaired) electrons. The Bertz CT molecular complexity index is 398. The Morgan fingerprint density at radius 3 is 2.89 bits per heavy atom. The minimum absolute atomic E-state index is 0.0123. The molecule has 4 rings (SSSR count). The van der Waals surface area contributed by atoms with E-state index in [1.165, 1.54) is 51.4 Å². The highest BCUT2D eigenvalue weighted by Gasteiger charge is 2.55. The summed E-state index contributed by atoms with van der Waals surface area (Å²) in [5.74, 6) is 3.64. The van der Waals surface area contributed by atoms with Crippen LogP contribution in [0.1, 0.15) is 64.7 Å². The second-order valence-corrected chi connectivity index (χ2v) is 7.93. The summed E-state index contributed by atoms with van der Waals surface area (Å²) >= 11 is 0. The van der Waals surface area contributed by atoms with Crippen LogP contribution in [0.3, 0.4) is 0 Å². The smallest absolute Gasteiger partial charge is 0.0596 e. The third-order valence-electron chi connectivity index (χ3n) is 7.33. The molecule has 0 saturated heterocycles. The molecule has 3 fully saturated rings. The lowest BCUT2D eigenvalue weighted by atomic mass is 9.52. The molecule has 0 aromatic rings.